The van der Waals surface area contributed by atoms with Crippen molar-refractivity contribution in [2.75, 3.05) is 25.5 Å². The second kappa shape index (κ2) is 7.88. The van der Waals surface area contributed by atoms with Crippen LogP contribution >= 0.6 is 0 Å². The number of nitrogens with one attached hydrogen (secondary N) is 1. The van der Waals surface area contributed by atoms with Gasteiger partial charge in [-0.05, 0) is 31.4 Å². The van der Waals surface area contributed by atoms with Crippen LogP contribution in [0.25, 0.3) is 0 Å². The van der Waals surface area contributed by atoms with Gasteiger partial charge in [0.05, 0.1) is 0 Å². The molecule has 20 heavy (non-hydrogen) atoms. The SMILES string of the molecule is CCCCN(CC)C(=O)c1cc(NC)nc(C(C)C)c1. The first-order valence-electron chi connectivity index (χ1n) is 7.52. The summed E-state index contributed by atoms with van der Waals surface area (Å²) in [4.78, 5) is 19.0. The first-order valence-corrected chi connectivity index (χ1v) is 7.52. The maximum absolute atomic E-state index is 12.6. The minimum absolute atomic E-state index is 0.0988. The van der Waals surface area contributed by atoms with Crippen molar-refractivity contribution >= 4 is 11.7 Å². The number of pyridine rings is 1. The highest BCUT2D eigenvalue weighted by atomic mass is 16.2. The van der Waals surface area contributed by atoms with E-state index in [-0.39, 0.29) is 5.91 Å². The summed E-state index contributed by atoms with van der Waals surface area (Å²) in [5, 5.41) is 3.04. The number of carbonyl (C=O) groups is 1. The third-order valence-corrected chi connectivity index (χ3v) is 3.39. The van der Waals surface area contributed by atoms with E-state index in [0.717, 1.165) is 43.0 Å². The molecule has 1 amide bonds. The lowest BCUT2D eigenvalue weighted by molar-refractivity contribution is 0.0762. The minimum atomic E-state index is 0.0988. The number of amides is 1. The van der Waals surface area contributed by atoms with Gasteiger partial charge in [0, 0.05) is 31.4 Å². The van der Waals surface area contributed by atoms with Gasteiger partial charge in [-0.3, -0.25) is 4.79 Å². The van der Waals surface area contributed by atoms with Gasteiger partial charge in [-0.2, -0.15) is 0 Å². The van der Waals surface area contributed by atoms with E-state index in [2.05, 4.69) is 31.1 Å². The quantitative estimate of drug-likeness (QED) is 0.829. The molecule has 0 spiro atoms. The topological polar surface area (TPSA) is 45.2 Å². The van der Waals surface area contributed by atoms with Gasteiger partial charge in [-0.1, -0.05) is 27.2 Å². The van der Waals surface area contributed by atoms with Crippen LogP contribution in [0.5, 0.6) is 0 Å². The fourth-order valence-electron chi connectivity index (χ4n) is 2.03. The first kappa shape index (κ1) is 16.5. The summed E-state index contributed by atoms with van der Waals surface area (Å²) >= 11 is 0. The van der Waals surface area contributed by atoms with E-state index in [1.54, 1.807) is 0 Å². The highest BCUT2D eigenvalue weighted by Gasteiger charge is 2.16. The van der Waals surface area contributed by atoms with E-state index in [1.165, 1.54) is 0 Å². The monoisotopic (exact) mass is 277 g/mol. The number of carbonyl (C=O) groups excluding carboxylic acids is 1. The molecule has 0 atom stereocenters. The third-order valence-electron chi connectivity index (χ3n) is 3.39. The molecule has 0 saturated heterocycles. The molecule has 0 saturated carbocycles. The molecule has 1 aromatic heterocycles. The van der Waals surface area contributed by atoms with Crippen LogP contribution in [-0.4, -0.2) is 35.9 Å². The summed E-state index contributed by atoms with van der Waals surface area (Å²) in [6.07, 6.45) is 2.14. The standard InChI is InChI=1S/C16H27N3O/c1-6-8-9-19(7-2)16(20)13-10-14(12(3)4)18-15(11-13)17-5/h10-12H,6-9H2,1-5H3,(H,17,18). The maximum Gasteiger partial charge on any atom is 0.254 e. The zero-order valence-corrected chi connectivity index (χ0v) is 13.4. The molecule has 1 heterocycles. The van der Waals surface area contributed by atoms with Gasteiger partial charge in [-0.25, -0.2) is 4.98 Å². The molecule has 0 aliphatic heterocycles. The van der Waals surface area contributed by atoms with Crippen molar-refractivity contribution < 1.29 is 4.79 Å². The van der Waals surface area contributed by atoms with Crippen LogP contribution in [0.15, 0.2) is 12.1 Å². The Balaban J connectivity index is 3.03. The summed E-state index contributed by atoms with van der Waals surface area (Å²) in [5.41, 5.74) is 1.68. The van der Waals surface area contributed by atoms with Gasteiger partial charge in [-0.15, -0.1) is 0 Å². The number of nitrogens with zero attached hydrogens (tertiary/aromatic N) is 2. The smallest absolute Gasteiger partial charge is 0.254 e. The van der Waals surface area contributed by atoms with Gasteiger partial charge < -0.3 is 10.2 Å². The average molecular weight is 277 g/mol. The number of aromatic nitrogens is 1. The molecule has 0 unspecified atom stereocenters. The normalized spacial score (nSPS) is 10.7. The Morgan fingerprint density at radius 3 is 2.55 bits per heavy atom. The van der Waals surface area contributed by atoms with Crippen LogP contribution in [-0.2, 0) is 0 Å². The van der Waals surface area contributed by atoms with E-state index in [0.29, 0.717) is 5.92 Å². The Hall–Kier alpha value is -1.58. The summed E-state index contributed by atoms with van der Waals surface area (Å²) in [7, 11) is 1.83. The average Bonchev–Trinajstić information content (AvgIpc) is 2.47. The van der Waals surface area contributed by atoms with Crippen molar-refractivity contribution in [3.8, 4) is 0 Å². The Bertz CT molecular complexity index is 443. The Labute approximate surface area is 122 Å². The molecular formula is C16H27N3O. The molecule has 1 N–H and O–H groups in total. The first-order chi connectivity index (χ1) is 9.53. The molecule has 4 nitrogen and oxygen atoms in total. The maximum atomic E-state index is 12.6. The molecule has 0 fully saturated rings. The lowest BCUT2D eigenvalue weighted by Crippen LogP contribution is -2.32. The highest BCUT2D eigenvalue weighted by molar-refractivity contribution is 5.95. The van der Waals surface area contributed by atoms with Crippen LogP contribution in [0.2, 0.25) is 0 Å². The molecule has 1 aromatic rings. The minimum Gasteiger partial charge on any atom is -0.373 e. The Morgan fingerprint density at radius 2 is 2.05 bits per heavy atom. The molecule has 0 aliphatic rings. The highest BCUT2D eigenvalue weighted by Crippen LogP contribution is 2.18. The fourth-order valence-corrected chi connectivity index (χ4v) is 2.03. The van der Waals surface area contributed by atoms with Gasteiger partial charge in [0.25, 0.3) is 5.91 Å². The van der Waals surface area contributed by atoms with Crippen molar-refractivity contribution in [3.05, 3.63) is 23.4 Å². The number of rotatable bonds is 7. The van der Waals surface area contributed by atoms with Crippen LogP contribution in [0.3, 0.4) is 0 Å². The zero-order chi connectivity index (χ0) is 15.1. The van der Waals surface area contributed by atoms with E-state index < -0.39 is 0 Å². The van der Waals surface area contributed by atoms with E-state index in [9.17, 15) is 4.79 Å². The molecular weight excluding hydrogens is 250 g/mol. The van der Waals surface area contributed by atoms with Crippen LogP contribution < -0.4 is 5.32 Å². The van der Waals surface area contributed by atoms with E-state index in [4.69, 9.17) is 0 Å². The summed E-state index contributed by atoms with van der Waals surface area (Å²) in [6.45, 7) is 9.90. The molecule has 0 aromatic carbocycles. The molecule has 1 rings (SSSR count). The lowest BCUT2D eigenvalue weighted by atomic mass is 10.1. The molecule has 112 valence electrons. The van der Waals surface area contributed by atoms with Crippen molar-refractivity contribution in [1.29, 1.82) is 0 Å². The van der Waals surface area contributed by atoms with Crippen LogP contribution in [0.1, 0.15) is 62.5 Å². The zero-order valence-electron chi connectivity index (χ0n) is 13.4. The van der Waals surface area contributed by atoms with Gasteiger partial charge in [0.2, 0.25) is 0 Å². The molecule has 0 radical (unpaired) electrons. The number of hydrogen-bond acceptors (Lipinski definition) is 3. The molecule has 0 aliphatic carbocycles. The summed E-state index contributed by atoms with van der Waals surface area (Å²) < 4.78 is 0. The van der Waals surface area contributed by atoms with Crippen molar-refractivity contribution in [2.45, 2.75) is 46.5 Å². The van der Waals surface area contributed by atoms with Crippen molar-refractivity contribution in [2.24, 2.45) is 0 Å². The van der Waals surface area contributed by atoms with Crippen LogP contribution in [0.4, 0.5) is 5.82 Å². The van der Waals surface area contributed by atoms with Crippen LogP contribution in [0, 0.1) is 0 Å². The largest absolute Gasteiger partial charge is 0.373 e. The van der Waals surface area contributed by atoms with Gasteiger partial charge in [0.15, 0.2) is 0 Å². The lowest BCUT2D eigenvalue weighted by Gasteiger charge is -2.21. The number of anilines is 1. The predicted octanol–water partition coefficient (Wildman–Crippen LogP) is 3.51. The third kappa shape index (κ3) is 4.22. The van der Waals surface area contributed by atoms with Crippen molar-refractivity contribution in [1.82, 2.24) is 9.88 Å². The predicted molar refractivity (Wildman–Crippen MR) is 84.4 cm³/mol. The number of unbranched alkanes of at least 4 members (excludes halogenated alkanes) is 1. The molecule has 4 heteroatoms. The second-order valence-corrected chi connectivity index (χ2v) is 5.31. The Morgan fingerprint density at radius 1 is 1.35 bits per heavy atom. The van der Waals surface area contributed by atoms with Crippen molar-refractivity contribution in [3.63, 3.8) is 0 Å². The summed E-state index contributed by atoms with van der Waals surface area (Å²) in [6, 6.07) is 3.76. The number of hydrogen-bond donors (Lipinski definition) is 1. The Kier molecular flexibility index (Phi) is 6.49. The second-order valence-electron chi connectivity index (χ2n) is 5.31. The fraction of sp³-hybridized carbons (Fsp3) is 0.625. The molecule has 0 bridgehead atoms. The van der Waals surface area contributed by atoms with E-state index >= 15 is 0 Å². The van der Waals surface area contributed by atoms with E-state index in [1.807, 2.05) is 31.0 Å². The summed E-state index contributed by atoms with van der Waals surface area (Å²) in [5.74, 6) is 1.16. The van der Waals surface area contributed by atoms with Gasteiger partial charge >= 0.3 is 0 Å². The van der Waals surface area contributed by atoms with Gasteiger partial charge in [0.1, 0.15) is 5.82 Å².